The highest BCUT2D eigenvalue weighted by molar-refractivity contribution is 7.99. The smallest absolute Gasteiger partial charge is 0.0307 e. The molecule has 0 aliphatic carbocycles. The number of nitrogens with two attached hydrogens (primary N) is 1. The molecule has 1 fully saturated rings. The summed E-state index contributed by atoms with van der Waals surface area (Å²) < 4.78 is 0. The lowest BCUT2D eigenvalue weighted by molar-refractivity contribution is 0.289. The molecule has 0 spiro atoms. The van der Waals surface area contributed by atoms with Crippen molar-refractivity contribution < 1.29 is 0 Å². The first kappa shape index (κ1) is 12.9. The minimum atomic E-state index is 0.185. The molecule has 0 radical (unpaired) electrons. The molecule has 1 aliphatic heterocycles. The molecule has 1 aromatic rings. The van der Waals surface area contributed by atoms with Gasteiger partial charge < -0.3 is 10.6 Å². The van der Waals surface area contributed by atoms with Gasteiger partial charge in [0.1, 0.15) is 0 Å². The van der Waals surface area contributed by atoms with Crippen LogP contribution >= 0.6 is 11.8 Å². The normalized spacial score (nSPS) is 19.2. The second-order valence-electron chi connectivity index (χ2n) is 4.76. The van der Waals surface area contributed by atoms with Gasteiger partial charge in [-0.2, -0.15) is 11.8 Å². The summed E-state index contributed by atoms with van der Waals surface area (Å²) in [6.45, 7) is 5.70. The Morgan fingerprint density at radius 2 is 1.88 bits per heavy atom. The largest absolute Gasteiger partial charge is 0.324 e. The zero-order valence-electron chi connectivity index (χ0n) is 10.6. The summed E-state index contributed by atoms with van der Waals surface area (Å²) in [6, 6.07) is 8.79. The van der Waals surface area contributed by atoms with Crippen LogP contribution in [0.5, 0.6) is 0 Å². The standard InChI is InChI=1S/C14H22N2S/c1-12-2-4-13(5-3-12)14(15)6-7-16-8-10-17-11-9-16/h2-5,14H,6-11,15H2,1H3. The predicted molar refractivity (Wildman–Crippen MR) is 76.5 cm³/mol. The number of benzene rings is 1. The number of nitrogens with zero attached hydrogens (tertiary/aromatic N) is 1. The van der Waals surface area contributed by atoms with E-state index < -0.39 is 0 Å². The van der Waals surface area contributed by atoms with Crippen LogP contribution in [0.4, 0.5) is 0 Å². The van der Waals surface area contributed by atoms with E-state index in [1.807, 2.05) is 0 Å². The Morgan fingerprint density at radius 1 is 1.24 bits per heavy atom. The SMILES string of the molecule is Cc1ccc(C(N)CCN2CCSCC2)cc1. The van der Waals surface area contributed by atoms with Crippen LogP contribution in [0, 0.1) is 6.92 Å². The third-order valence-corrected chi connectivity index (χ3v) is 4.31. The van der Waals surface area contributed by atoms with E-state index in [1.165, 1.54) is 35.7 Å². The number of thioether (sulfide) groups is 1. The highest BCUT2D eigenvalue weighted by Gasteiger charge is 2.12. The van der Waals surface area contributed by atoms with Crippen LogP contribution in [-0.4, -0.2) is 36.0 Å². The van der Waals surface area contributed by atoms with Gasteiger partial charge >= 0.3 is 0 Å². The molecule has 0 saturated carbocycles. The van der Waals surface area contributed by atoms with E-state index in [0.29, 0.717) is 0 Å². The molecule has 1 aliphatic rings. The van der Waals surface area contributed by atoms with Crippen LogP contribution in [0.25, 0.3) is 0 Å². The van der Waals surface area contributed by atoms with Gasteiger partial charge in [-0.1, -0.05) is 29.8 Å². The first-order valence-corrected chi connectivity index (χ1v) is 7.53. The average Bonchev–Trinajstić information content (AvgIpc) is 2.38. The molecule has 1 saturated heterocycles. The van der Waals surface area contributed by atoms with Crippen LogP contribution in [0.2, 0.25) is 0 Å². The minimum Gasteiger partial charge on any atom is -0.324 e. The van der Waals surface area contributed by atoms with Gasteiger partial charge in [0.25, 0.3) is 0 Å². The van der Waals surface area contributed by atoms with Gasteiger partial charge in [-0.15, -0.1) is 0 Å². The Bertz CT molecular complexity index is 331. The molecule has 1 aromatic carbocycles. The fraction of sp³-hybridized carbons (Fsp3) is 0.571. The maximum Gasteiger partial charge on any atom is 0.0307 e. The summed E-state index contributed by atoms with van der Waals surface area (Å²) in [7, 11) is 0. The average molecular weight is 250 g/mol. The van der Waals surface area contributed by atoms with Crippen molar-refractivity contribution in [3.05, 3.63) is 35.4 Å². The molecule has 94 valence electrons. The van der Waals surface area contributed by atoms with E-state index in [2.05, 4.69) is 47.9 Å². The van der Waals surface area contributed by atoms with Crippen molar-refractivity contribution in [2.24, 2.45) is 5.73 Å². The maximum absolute atomic E-state index is 6.23. The van der Waals surface area contributed by atoms with Gasteiger partial charge in [0, 0.05) is 37.2 Å². The topological polar surface area (TPSA) is 29.3 Å². The minimum absolute atomic E-state index is 0.185. The first-order chi connectivity index (χ1) is 8.25. The lowest BCUT2D eigenvalue weighted by Gasteiger charge is -2.27. The number of hydrogen-bond donors (Lipinski definition) is 1. The van der Waals surface area contributed by atoms with Crippen molar-refractivity contribution in [1.82, 2.24) is 4.90 Å². The van der Waals surface area contributed by atoms with Gasteiger partial charge in [0.15, 0.2) is 0 Å². The Kier molecular flexibility index (Phi) is 4.89. The summed E-state index contributed by atoms with van der Waals surface area (Å²) in [5, 5.41) is 0. The molecule has 0 bridgehead atoms. The van der Waals surface area contributed by atoms with E-state index in [4.69, 9.17) is 5.73 Å². The summed E-state index contributed by atoms with van der Waals surface area (Å²) in [6.07, 6.45) is 1.06. The molecule has 17 heavy (non-hydrogen) atoms. The molecule has 1 atom stereocenters. The number of aryl methyl sites for hydroxylation is 1. The van der Waals surface area contributed by atoms with Crippen molar-refractivity contribution in [3.63, 3.8) is 0 Å². The molecule has 1 unspecified atom stereocenters. The molecule has 1 heterocycles. The lowest BCUT2D eigenvalue weighted by atomic mass is 10.0. The Labute approximate surface area is 109 Å². The molecule has 2 rings (SSSR count). The fourth-order valence-corrected chi connectivity index (χ4v) is 3.11. The number of hydrogen-bond acceptors (Lipinski definition) is 3. The Morgan fingerprint density at radius 3 is 2.53 bits per heavy atom. The van der Waals surface area contributed by atoms with Crippen molar-refractivity contribution in [3.8, 4) is 0 Å². The highest BCUT2D eigenvalue weighted by Crippen LogP contribution is 2.16. The summed E-state index contributed by atoms with van der Waals surface area (Å²) in [5.74, 6) is 2.56. The molecular formula is C14H22N2S. The zero-order valence-corrected chi connectivity index (χ0v) is 11.4. The fourth-order valence-electron chi connectivity index (χ4n) is 2.13. The molecular weight excluding hydrogens is 228 g/mol. The summed E-state index contributed by atoms with van der Waals surface area (Å²) >= 11 is 2.06. The molecule has 0 aromatic heterocycles. The van der Waals surface area contributed by atoms with Crippen LogP contribution in [0.1, 0.15) is 23.6 Å². The number of rotatable bonds is 4. The second kappa shape index (κ2) is 6.43. The molecule has 3 heteroatoms. The van der Waals surface area contributed by atoms with E-state index in [1.54, 1.807) is 0 Å². The van der Waals surface area contributed by atoms with Gasteiger partial charge in [0.2, 0.25) is 0 Å². The van der Waals surface area contributed by atoms with Crippen LogP contribution < -0.4 is 5.73 Å². The van der Waals surface area contributed by atoms with Crippen molar-refractivity contribution in [1.29, 1.82) is 0 Å². The Balaban J connectivity index is 1.80. The van der Waals surface area contributed by atoms with Crippen LogP contribution in [-0.2, 0) is 0 Å². The first-order valence-electron chi connectivity index (χ1n) is 6.38. The van der Waals surface area contributed by atoms with Crippen molar-refractivity contribution >= 4 is 11.8 Å². The second-order valence-corrected chi connectivity index (χ2v) is 5.98. The molecule has 2 N–H and O–H groups in total. The van der Waals surface area contributed by atoms with E-state index in [-0.39, 0.29) is 6.04 Å². The van der Waals surface area contributed by atoms with E-state index in [0.717, 1.165) is 13.0 Å². The highest BCUT2D eigenvalue weighted by atomic mass is 32.2. The maximum atomic E-state index is 6.23. The quantitative estimate of drug-likeness (QED) is 0.890. The van der Waals surface area contributed by atoms with Gasteiger partial charge in [-0.25, -0.2) is 0 Å². The van der Waals surface area contributed by atoms with Crippen LogP contribution in [0.3, 0.4) is 0 Å². The zero-order chi connectivity index (χ0) is 12.1. The lowest BCUT2D eigenvalue weighted by Crippen LogP contribution is -2.34. The monoisotopic (exact) mass is 250 g/mol. The van der Waals surface area contributed by atoms with E-state index in [9.17, 15) is 0 Å². The van der Waals surface area contributed by atoms with E-state index >= 15 is 0 Å². The molecule has 0 amide bonds. The summed E-state index contributed by atoms with van der Waals surface area (Å²) in [5.41, 5.74) is 8.80. The predicted octanol–water partition coefficient (Wildman–Crippen LogP) is 2.43. The molecule has 2 nitrogen and oxygen atoms in total. The third kappa shape index (κ3) is 4.02. The summed E-state index contributed by atoms with van der Waals surface area (Å²) in [4.78, 5) is 2.53. The van der Waals surface area contributed by atoms with Gasteiger partial charge in [0.05, 0.1) is 0 Å². The third-order valence-electron chi connectivity index (χ3n) is 3.37. The van der Waals surface area contributed by atoms with Crippen LogP contribution in [0.15, 0.2) is 24.3 Å². The van der Waals surface area contributed by atoms with Crippen molar-refractivity contribution in [2.75, 3.05) is 31.1 Å². The van der Waals surface area contributed by atoms with Crippen molar-refractivity contribution in [2.45, 2.75) is 19.4 Å². The van der Waals surface area contributed by atoms with Gasteiger partial charge in [-0.3, -0.25) is 0 Å². The van der Waals surface area contributed by atoms with Gasteiger partial charge in [-0.05, 0) is 18.9 Å². The Hall–Kier alpha value is -0.510.